The highest BCUT2D eigenvalue weighted by Gasteiger charge is 1.24. The van der Waals surface area contributed by atoms with Crippen LogP contribution < -0.4 is 0 Å². The molecule has 0 rings (SSSR count). The van der Waals surface area contributed by atoms with Gasteiger partial charge in [-0.05, 0) is 6.92 Å². The Bertz CT molecular complexity index is 12.4. The average Bonchev–Trinajstić information content (AvgIpc) is 1.46. The third-order valence-electron chi connectivity index (χ3n) is 0. The van der Waals surface area contributed by atoms with Crippen LogP contribution in [0.3, 0.4) is 0 Å². The van der Waals surface area contributed by atoms with Crippen molar-refractivity contribution in [1.82, 2.24) is 0 Å². The fraction of sp³-hybridized carbons (Fsp3) is 0.500. The lowest BCUT2D eigenvalue weighted by Crippen LogP contribution is -1.36. The molecule has 0 saturated carbocycles. The summed E-state index contributed by atoms with van der Waals surface area (Å²) in [5.74, 6) is 0. The molecule has 0 radical (unpaired) electrons. The standard InChI is InChI=1S/C2H4O.H2O2/c1-2-3;1-2/h2H,1H3;1-2H. The summed E-state index contributed by atoms with van der Waals surface area (Å²) in [4.78, 5) is 8.81. The Balaban J connectivity index is 0. The van der Waals surface area contributed by atoms with Gasteiger partial charge in [0.25, 0.3) is 0 Å². The molecule has 0 amide bonds. The third-order valence-corrected chi connectivity index (χ3v) is 0. The molecule has 0 aliphatic carbocycles. The van der Waals surface area contributed by atoms with Crippen LogP contribution in [0.5, 0.6) is 0 Å². The van der Waals surface area contributed by atoms with E-state index in [0.717, 1.165) is 6.29 Å². The summed E-state index contributed by atoms with van der Waals surface area (Å²) in [5.41, 5.74) is 0. The van der Waals surface area contributed by atoms with Gasteiger partial charge in [-0.25, -0.2) is 0 Å². The van der Waals surface area contributed by atoms with Crippen molar-refractivity contribution in [1.29, 1.82) is 0 Å². The molecule has 0 bridgehead atoms. The van der Waals surface area contributed by atoms with Crippen molar-refractivity contribution in [3.8, 4) is 0 Å². The number of hydrogen-bond donors (Lipinski definition) is 2. The first-order chi connectivity index (χ1) is 2.41. The average molecular weight is 78.1 g/mol. The first-order valence-corrected chi connectivity index (χ1v) is 1.01. The summed E-state index contributed by atoms with van der Waals surface area (Å²) >= 11 is 0. The van der Waals surface area contributed by atoms with Crippen LogP contribution in [-0.4, -0.2) is 16.8 Å². The highest BCUT2D eigenvalue weighted by molar-refractivity contribution is 5.44. The van der Waals surface area contributed by atoms with Crippen molar-refractivity contribution < 1.29 is 15.3 Å². The molecule has 5 heavy (non-hydrogen) atoms. The van der Waals surface area contributed by atoms with Crippen molar-refractivity contribution in [2.24, 2.45) is 0 Å². The van der Waals surface area contributed by atoms with Crippen LogP contribution in [0.1, 0.15) is 6.92 Å². The second kappa shape index (κ2) is 69.2. The van der Waals surface area contributed by atoms with E-state index in [-0.39, 0.29) is 0 Å². The molecule has 0 aliphatic heterocycles. The van der Waals surface area contributed by atoms with E-state index in [1.807, 2.05) is 0 Å². The van der Waals surface area contributed by atoms with Crippen molar-refractivity contribution in [2.45, 2.75) is 6.92 Å². The van der Waals surface area contributed by atoms with E-state index in [4.69, 9.17) is 15.3 Å². The zero-order chi connectivity index (χ0) is 4.71. The fourth-order valence-electron chi connectivity index (χ4n) is 0. The molecule has 0 spiro atoms. The highest BCUT2D eigenvalue weighted by atomic mass is 17.0. The van der Waals surface area contributed by atoms with Crippen molar-refractivity contribution >= 4 is 6.29 Å². The predicted molar refractivity (Wildman–Crippen MR) is 17.0 cm³/mol. The zero-order valence-electron chi connectivity index (χ0n) is 2.88. The molecular formula is C2H6O3. The molecule has 0 fully saturated rings. The lowest BCUT2D eigenvalue weighted by atomic mass is 11.0. The number of carbonyl (C=O) groups is 1. The van der Waals surface area contributed by atoms with Gasteiger partial charge in [0.1, 0.15) is 6.29 Å². The molecule has 0 aliphatic rings. The minimum atomic E-state index is 0.750. The van der Waals surface area contributed by atoms with Crippen molar-refractivity contribution in [3.05, 3.63) is 0 Å². The molecule has 0 saturated heterocycles. The minimum absolute atomic E-state index is 0.750. The summed E-state index contributed by atoms with van der Waals surface area (Å²) in [5, 5.41) is 12.0. The van der Waals surface area contributed by atoms with Crippen LogP contribution in [0.2, 0.25) is 0 Å². The van der Waals surface area contributed by atoms with Crippen molar-refractivity contribution in [2.75, 3.05) is 0 Å². The van der Waals surface area contributed by atoms with Gasteiger partial charge >= 0.3 is 0 Å². The molecule has 3 nitrogen and oxygen atoms in total. The number of hydrogen-bond acceptors (Lipinski definition) is 3. The van der Waals surface area contributed by atoms with Gasteiger partial charge in [-0.3, -0.25) is 10.5 Å². The Hall–Kier alpha value is -0.410. The van der Waals surface area contributed by atoms with Gasteiger partial charge in [0.2, 0.25) is 0 Å². The Morgan fingerprint density at radius 3 is 1.60 bits per heavy atom. The molecule has 0 aromatic carbocycles. The van der Waals surface area contributed by atoms with Crippen LogP contribution in [0, 0.1) is 0 Å². The zero-order valence-corrected chi connectivity index (χ0v) is 2.88. The van der Waals surface area contributed by atoms with E-state index in [1.54, 1.807) is 0 Å². The lowest BCUT2D eigenvalue weighted by molar-refractivity contribution is -0.176. The van der Waals surface area contributed by atoms with E-state index in [9.17, 15) is 0 Å². The molecule has 3 heteroatoms. The quantitative estimate of drug-likeness (QED) is 0.247. The SMILES string of the molecule is CC=O.OO. The van der Waals surface area contributed by atoms with E-state index in [0.29, 0.717) is 0 Å². The second-order valence-corrected chi connectivity index (χ2v) is 0.236. The molecule has 0 atom stereocenters. The number of aldehydes is 1. The summed E-state index contributed by atoms with van der Waals surface area (Å²) < 4.78 is 0. The first-order valence-electron chi connectivity index (χ1n) is 1.01. The maximum Gasteiger partial charge on any atom is 0.116 e. The smallest absolute Gasteiger partial charge is 0.116 e. The minimum Gasteiger partial charge on any atom is -0.304 e. The molecule has 0 aromatic heterocycles. The Kier molecular flexibility index (Phi) is 122. The Morgan fingerprint density at radius 2 is 1.60 bits per heavy atom. The van der Waals surface area contributed by atoms with E-state index in [2.05, 4.69) is 0 Å². The fourth-order valence-corrected chi connectivity index (χ4v) is 0. The summed E-state index contributed by atoms with van der Waals surface area (Å²) in [6.45, 7) is 1.44. The van der Waals surface area contributed by atoms with Crippen LogP contribution >= 0.6 is 0 Å². The maximum atomic E-state index is 8.81. The molecule has 0 aromatic rings. The molecule has 2 N–H and O–H groups in total. The van der Waals surface area contributed by atoms with Crippen LogP contribution in [0.25, 0.3) is 0 Å². The first kappa shape index (κ1) is 8.82. The Labute approximate surface area is 29.8 Å². The largest absolute Gasteiger partial charge is 0.304 e. The lowest BCUT2D eigenvalue weighted by Gasteiger charge is -1.25. The van der Waals surface area contributed by atoms with Gasteiger partial charge in [0.15, 0.2) is 0 Å². The Morgan fingerprint density at radius 1 is 1.60 bits per heavy atom. The van der Waals surface area contributed by atoms with Crippen LogP contribution in [0.4, 0.5) is 0 Å². The van der Waals surface area contributed by atoms with Gasteiger partial charge in [0, 0.05) is 0 Å². The number of carbonyl (C=O) groups excluding carboxylic acids is 1. The summed E-state index contributed by atoms with van der Waals surface area (Å²) in [6.07, 6.45) is 0.750. The van der Waals surface area contributed by atoms with Crippen LogP contribution in [0.15, 0.2) is 0 Å². The van der Waals surface area contributed by atoms with E-state index < -0.39 is 0 Å². The van der Waals surface area contributed by atoms with Gasteiger partial charge in [-0.15, -0.1) is 0 Å². The van der Waals surface area contributed by atoms with Crippen molar-refractivity contribution in [3.63, 3.8) is 0 Å². The molecular weight excluding hydrogens is 72.0 g/mol. The predicted octanol–water partition coefficient (Wildman–Crippen LogP) is 0.223. The van der Waals surface area contributed by atoms with Gasteiger partial charge in [-0.1, -0.05) is 0 Å². The van der Waals surface area contributed by atoms with Gasteiger partial charge in [0.05, 0.1) is 0 Å². The summed E-state index contributed by atoms with van der Waals surface area (Å²) in [7, 11) is 0. The number of rotatable bonds is 0. The second-order valence-electron chi connectivity index (χ2n) is 0.236. The third kappa shape index (κ3) is 54.0. The molecule has 32 valence electrons. The maximum absolute atomic E-state index is 8.81. The monoisotopic (exact) mass is 78.0 g/mol. The summed E-state index contributed by atoms with van der Waals surface area (Å²) in [6, 6.07) is 0. The van der Waals surface area contributed by atoms with E-state index in [1.165, 1.54) is 6.92 Å². The molecule has 0 heterocycles. The van der Waals surface area contributed by atoms with Crippen LogP contribution in [-0.2, 0) is 4.79 Å². The highest BCUT2D eigenvalue weighted by Crippen LogP contribution is 1.13. The molecule has 0 unspecified atom stereocenters. The normalized spacial score (nSPS) is 3.80. The topological polar surface area (TPSA) is 57.5 Å². The van der Waals surface area contributed by atoms with Gasteiger partial charge in [-0.2, -0.15) is 0 Å². The van der Waals surface area contributed by atoms with E-state index >= 15 is 0 Å². The van der Waals surface area contributed by atoms with Gasteiger partial charge < -0.3 is 4.79 Å².